The van der Waals surface area contributed by atoms with Gasteiger partial charge in [0, 0.05) is 25.2 Å². The van der Waals surface area contributed by atoms with Crippen molar-refractivity contribution in [2.24, 2.45) is 14.1 Å². The van der Waals surface area contributed by atoms with Gasteiger partial charge in [0.1, 0.15) is 5.56 Å². The van der Waals surface area contributed by atoms with Gasteiger partial charge in [0.25, 0.3) is 5.56 Å². The van der Waals surface area contributed by atoms with Crippen LogP contribution in [0.2, 0.25) is 0 Å². The Bertz CT molecular complexity index is 761. The van der Waals surface area contributed by atoms with Gasteiger partial charge in [-0.15, -0.1) is 11.3 Å². The number of hydrogen-bond donors (Lipinski definition) is 0. The van der Waals surface area contributed by atoms with Crippen LogP contribution in [0.4, 0.5) is 0 Å². The third kappa shape index (κ3) is 2.19. The number of carbonyl (C=O) groups is 1. The molecule has 0 bridgehead atoms. The minimum absolute atomic E-state index is 0.0193. The molecule has 2 heterocycles. The standard InChI is InChI=1S/C13H14N2O3S/c1-7-5-10(19-8(7)2)11(16)9-6-14(3)13(18)15(4)12(9)17/h5-6H,1-4H3. The summed E-state index contributed by atoms with van der Waals surface area (Å²) in [4.78, 5) is 37.5. The molecule has 0 aliphatic carbocycles. The van der Waals surface area contributed by atoms with Gasteiger partial charge in [-0.2, -0.15) is 0 Å². The quantitative estimate of drug-likeness (QED) is 0.770. The summed E-state index contributed by atoms with van der Waals surface area (Å²) in [6, 6.07) is 1.77. The Kier molecular flexibility index (Phi) is 3.28. The smallest absolute Gasteiger partial charge is 0.303 e. The van der Waals surface area contributed by atoms with Crippen molar-refractivity contribution in [3.05, 3.63) is 54.0 Å². The molecule has 0 unspecified atom stereocenters. The second-order valence-electron chi connectivity index (χ2n) is 4.48. The molecule has 0 aromatic carbocycles. The van der Waals surface area contributed by atoms with E-state index in [1.54, 1.807) is 6.07 Å². The van der Waals surface area contributed by atoms with Crippen molar-refractivity contribution in [2.45, 2.75) is 13.8 Å². The lowest BCUT2D eigenvalue weighted by Gasteiger charge is -2.04. The molecule has 0 amide bonds. The van der Waals surface area contributed by atoms with Gasteiger partial charge in [-0.1, -0.05) is 0 Å². The number of hydrogen-bond acceptors (Lipinski definition) is 4. The predicted octanol–water partition coefficient (Wildman–Crippen LogP) is 0.993. The highest BCUT2D eigenvalue weighted by atomic mass is 32.1. The lowest BCUT2D eigenvalue weighted by atomic mass is 10.1. The summed E-state index contributed by atoms with van der Waals surface area (Å²) >= 11 is 1.36. The fourth-order valence-corrected chi connectivity index (χ4v) is 2.77. The molecule has 0 radical (unpaired) electrons. The molecule has 100 valence electrons. The number of nitrogens with zero attached hydrogens (tertiary/aromatic N) is 2. The number of rotatable bonds is 2. The first kappa shape index (κ1) is 13.5. The minimum Gasteiger partial charge on any atom is -0.303 e. The Morgan fingerprint density at radius 3 is 2.37 bits per heavy atom. The number of ketones is 1. The van der Waals surface area contributed by atoms with Gasteiger partial charge in [-0.05, 0) is 25.5 Å². The van der Waals surface area contributed by atoms with E-state index >= 15 is 0 Å². The van der Waals surface area contributed by atoms with Crippen LogP contribution in [0, 0.1) is 13.8 Å². The van der Waals surface area contributed by atoms with Gasteiger partial charge in [-0.25, -0.2) is 4.79 Å². The summed E-state index contributed by atoms with van der Waals surface area (Å²) in [6.45, 7) is 3.84. The zero-order valence-electron chi connectivity index (χ0n) is 11.2. The summed E-state index contributed by atoms with van der Waals surface area (Å²) < 4.78 is 2.18. The van der Waals surface area contributed by atoms with Crippen LogP contribution in [0.5, 0.6) is 0 Å². The fourth-order valence-electron chi connectivity index (χ4n) is 1.78. The molecule has 2 aromatic heterocycles. The Balaban J connectivity index is 2.63. The lowest BCUT2D eigenvalue weighted by molar-refractivity contribution is 0.103. The molecule has 0 aliphatic rings. The molecule has 0 aliphatic heterocycles. The van der Waals surface area contributed by atoms with Crippen molar-refractivity contribution in [3.63, 3.8) is 0 Å². The van der Waals surface area contributed by atoms with E-state index in [2.05, 4.69) is 0 Å². The van der Waals surface area contributed by atoms with E-state index in [4.69, 9.17) is 0 Å². The van der Waals surface area contributed by atoms with Gasteiger partial charge in [0.2, 0.25) is 5.78 Å². The maximum absolute atomic E-state index is 12.3. The second-order valence-corrected chi connectivity index (χ2v) is 5.74. The van der Waals surface area contributed by atoms with Gasteiger partial charge in [-0.3, -0.25) is 14.2 Å². The SMILES string of the molecule is Cc1cc(C(=O)c2cn(C)c(=O)n(C)c2=O)sc1C. The molecular weight excluding hydrogens is 264 g/mol. The highest BCUT2D eigenvalue weighted by molar-refractivity contribution is 7.14. The van der Waals surface area contributed by atoms with Crippen LogP contribution in [-0.2, 0) is 14.1 Å². The van der Waals surface area contributed by atoms with Crippen LogP contribution in [0.15, 0.2) is 21.9 Å². The van der Waals surface area contributed by atoms with Gasteiger partial charge in [0.05, 0.1) is 4.88 Å². The number of aryl methyl sites for hydroxylation is 3. The summed E-state index contributed by atoms with van der Waals surface area (Å²) in [6.07, 6.45) is 1.30. The van der Waals surface area contributed by atoms with E-state index in [0.29, 0.717) is 4.88 Å². The molecule has 0 atom stereocenters. The highest BCUT2D eigenvalue weighted by Gasteiger charge is 2.18. The van der Waals surface area contributed by atoms with E-state index in [1.165, 1.54) is 36.2 Å². The summed E-state index contributed by atoms with van der Waals surface area (Å²) in [5.74, 6) is -0.336. The zero-order valence-corrected chi connectivity index (χ0v) is 12.0. The first-order chi connectivity index (χ1) is 8.82. The summed E-state index contributed by atoms with van der Waals surface area (Å²) in [7, 11) is 2.88. The average Bonchev–Trinajstić information content (AvgIpc) is 2.71. The van der Waals surface area contributed by atoms with E-state index in [0.717, 1.165) is 15.0 Å². The summed E-state index contributed by atoms with van der Waals surface area (Å²) in [5, 5.41) is 0. The second kappa shape index (κ2) is 4.62. The molecule has 0 saturated carbocycles. The van der Waals surface area contributed by atoms with Crippen molar-refractivity contribution < 1.29 is 4.79 Å². The molecule has 6 heteroatoms. The topological polar surface area (TPSA) is 61.1 Å². The molecule has 2 rings (SSSR count). The van der Waals surface area contributed by atoms with E-state index in [1.807, 2.05) is 13.8 Å². The van der Waals surface area contributed by atoms with Crippen molar-refractivity contribution >= 4 is 17.1 Å². The molecule has 0 fully saturated rings. The Morgan fingerprint density at radius 2 is 1.84 bits per heavy atom. The van der Waals surface area contributed by atoms with Crippen LogP contribution in [0.25, 0.3) is 0 Å². The zero-order chi connectivity index (χ0) is 14.3. The van der Waals surface area contributed by atoms with Gasteiger partial charge in [0.15, 0.2) is 0 Å². The van der Waals surface area contributed by atoms with Gasteiger partial charge >= 0.3 is 5.69 Å². The molecule has 2 aromatic rings. The van der Waals surface area contributed by atoms with Gasteiger partial charge < -0.3 is 4.57 Å². The van der Waals surface area contributed by atoms with Crippen molar-refractivity contribution in [3.8, 4) is 0 Å². The molecular formula is C13H14N2O3S. The number of thiophene rings is 1. The van der Waals surface area contributed by atoms with Crippen LogP contribution < -0.4 is 11.2 Å². The summed E-state index contributed by atoms with van der Waals surface area (Å²) in [5.41, 5.74) is 0.0396. The third-order valence-corrected chi connectivity index (χ3v) is 4.23. The highest BCUT2D eigenvalue weighted by Crippen LogP contribution is 2.22. The average molecular weight is 278 g/mol. The molecule has 5 nitrogen and oxygen atoms in total. The maximum atomic E-state index is 12.3. The van der Waals surface area contributed by atoms with Crippen LogP contribution in [-0.4, -0.2) is 14.9 Å². The van der Waals surface area contributed by atoms with E-state index in [-0.39, 0.29) is 11.3 Å². The van der Waals surface area contributed by atoms with Crippen molar-refractivity contribution in [1.29, 1.82) is 0 Å². The van der Waals surface area contributed by atoms with E-state index in [9.17, 15) is 14.4 Å². The normalized spacial score (nSPS) is 10.7. The van der Waals surface area contributed by atoms with Crippen LogP contribution in [0.1, 0.15) is 25.7 Å². The van der Waals surface area contributed by atoms with Crippen LogP contribution in [0.3, 0.4) is 0 Å². The molecule has 19 heavy (non-hydrogen) atoms. The monoisotopic (exact) mass is 278 g/mol. The Morgan fingerprint density at radius 1 is 1.21 bits per heavy atom. The van der Waals surface area contributed by atoms with Crippen molar-refractivity contribution in [1.82, 2.24) is 9.13 Å². The third-order valence-electron chi connectivity index (χ3n) is 3.08. The van der Waals surface area contributed by atoms with E-state index < -0.39 is 11.2 Å². The lowest BCUT2D eigenvalue weighted by Crippen LogP contribution is -2.39. The number of aromatic nitrogens is 2. The Hall–Kier alpha value is -1.95. The largest absolute Gasteiger partial charge is 0.330 e. The minimum atomic E-state index is -0.559. The predicted molar refractivity (Wildman–Crippen MR) is 74.1 cm³/mol. The van der Waals surface area contributed by atoms with Crippen LogP contribution >= 0.6 is 11.3 Å². The Labute approximate surface area is 113 Å². The number of carbonyl (C=O) groups excluding carboxylic acids is 1. The van der Waals surface area contributed by atoms with Crippen molar-refractivity contribution in [2.75, 3.05) is 0 Å². The fraction of sp³-hybridized carbons (Fsp3) is 0.308. The molecule has 0 N–H and O–H groups in total. The first-order valence-electron chi connectivity index (χ1n) is 5.71. The maximum Gasteiger partial charge on any atom is 0.330 e. The molecule has 0 spiro atoms. The first-order valence-corrected chi connectivity index (χ1v) is 6.53. The molecule has 0 saturated heterocycles.